The van der Waals surface area contributed by atoms with Gasteiger partial charge >= 0.3 is 0 Å². The third-order valence-corrected chi connectivity index (χ3v) is 4.19. The minimum atomic E-state index is 0.551. The molecule has 0 bridgehead atoms. The Bertz CT molecular complexity index is 413. The molecule has 1 saturated carbocycles. The third kappa shape index (κ3) is 4.22. The number of halogens is 1. The van der Waals surface area contributed by atoms with Crippen molar-refractivity contribution in [3.8, 4) is 0 Å². The Morgan fingerprint density at radius 1 is 1.37 bits per heavy atom. The molecule has 1 aliphatic rings. The predicted molar refractivity (Wildman–Crippen MR) is 86.7 cm³/mol. The number of nitrogens with zero attached hydrogens (tertiary/aromatic N) is 1. The van der Waals surface area contributed by atoms with Gasteiger partial charge in [-0.05, 0) is 56.8 Å². The van der Waals surface area contributed by atoms with Gasteiger partial charge in [0, 0.05) is 29.3 Å². The summed E-state index contributed by atoms with van der Waals surface area (Å²) in [7, 11) is 0. The van der Waals surface area contributed by atoms with Crippen molar-refractivity contribution >= 4 is 21.6 Å². The van der Waals surface area contributed by atoms with Crippen LogP contribution in [0, 0.1) is 5.92 Å². The zero-order valence-electron chi connectivity index (χ0n) is 12.2. The highest BCUT2D eigenvalue weighted by atomic mass is 79.9. The van der Waals surface area contributed by atoms with Gasteiger partial charge in [-0.1, -0.05) is 28.9 Å². The van der Waals surface area contributed by atoms with E-state index in [1.165, 1.54) is 35.1 Å². The molecule has 0 saturated heterocycles. The normalized spacial score (nSPS) is 15.0. The standard InChI is InChI=1S/C16H25BrN2/c1-4-18-10-14-7-8-15(17)9-16(14)19(12(2)3)11-13-5-6-13/h7-9,12-13,18H,4-6,10-11H2,1-3H3. The smallest absolute Gasteiger partial charge is 0.0425 e. The van der Waals surface area contributed by atoms with E-state index >= 15 is 0 Å². The van der Waals surface area contributed by atoms with Crippen LogP contribution in [0.15, 0.2) is 22.7 Å². The second-order valence-electron chi connectivity index (χ2n) is 5.74. The topological polar surface area (TPSA) is 15.3 Å². The Labute approximate surface area is 125 Å². The van der Waals surface area contributed by atoms with Crippen LogP contribution < -0.4 is 10.2 Å². The number of hydrogen-bond acceptors (Lipinski definition) is 2. The molecule has 0 spiro atoms. The molecule has 0 amide bonds. The maximum absolute atomic E-state index is 3.62. The number of rotatable bonds is 7. The molecule has 0 aromatic heterocycles. The van der Waals surface area contributed by atoms with Gasteiger partial charge in [-0.25, -0.2) is 0 Å². The van der Waals surface area contributed by atoms with Crippen LogP contribution in [0.25, 0.3) is 0 Å². The van der Waals surface area contributed by atoms with Crippen LogP contribution in [-0.2, 0) is 6.54 Å². The molecular formula is C16H25BrN2. The van der Waals surface area contributed by atoms with Crippen molar-refractivity contribution < 1.29 is 0 Å². The van der Waals surface area contributed by atoms with E-state index in [0.717, 1.165) is 19.0 Å². The Kier molecular flexibility index (Phi) is 5.28. The van der Waals surface area contributed by atoms with Crippen molar-refractivity contribution in [1.29, 1.82) is 0 Å². The van der Waals surface area contributed by atoms with E-state index < -0.39 is 0 Å². The van der Waals surface area contributed by atoms with Gasteiger partial charge in [0.25, 0.3) is 0 Å². The lowest BCUT2D eigenvalue weighted by Crippen LogP contribution is -2.34. The van der Waals surface area contributed by atoms with Crippen LogP contribution in [0.5, 0.6) is 0 Å². The Morgan fingerprint density at radius 2 is 2.11 bits per heavy atom. The number of hydrogen-bond donors (Lipinski definition) is 1. The fraction of sp³-hybridized carbons (Fsp3) is 0.625. The Morgan fingerprint density at radius 3 is 2.68 bits per heavy atom. The summed E-state index contributed by atoms with van der Waals surface area (Å²) in [4.78, 5) is 2.56. The van der Waals surface area contributed by atoms with Crippen LogP contribution in [0.3, 0.4) is 0 Å². The van der Waals surface area contributed by atoms with Gasteiger partial charge in [0.15, 0.2) is 0 Å². The molecule has 0 aliphatic heterocycles. The lowest BCUT2D eigenvalue weighted by Gasteiger charge is -2.31. The molecule has 1 aromatic rings. The summed E-state index contributed by atoms with van der Waals surface area (Å²) < 4.78 is 1.17. The van der Waals surface area contributed by atoms with Gasteiger partial charge in [0.1, 0.15) is 0 Å². The highest BCUT2D eigenvalue weighted by molar-refractivity contribution is 9.10. The minimum absolute atomic E-state index is 0.551. The molecule has 1 aliphatic carbocycles. The summed E-state index contributed by atoms with van der Waals surface area (Å²) in [5.74, 6) is 0.911. The van der Waals surface area contributed by atoms with Crippen LogP contribution in [-0.4, -0.2) is 19.1 Å². The van der Waals surface area contributed by atoms with Gasteiger partial charge in [0.05, 0.1) is 0 Å². The number of benzene rings is 1. The Balaban J connectivity index is 2.23. The summed E-state index contributed by atoms with van der Waals surface area (Å²) in [6.07, 6.45) is 2.81. The van der Waals surface area contributed by atoms with E-state index in [4.69, 9.17) is 0 Å². The highest BCUT2D eigenvalue weighted by Gasteiger charge is 2.26. The average Bonchev–Trinajstić information content (AvgIpc) is 3.18. The predicted octanol–water partition coefficient (Wildman–Crippen LogP) is 4.18. The molecule has 2 rings (SSSR count). The molecule has 0 atom stereocenters. The highest BCUT2D eigenvalue weighted by Crippen LogP contribution is 2.34. The van der Waals surface area contributed by atoms with Crippen molar-refractivity contribution in [2.24, 2.45) is 5.92 Å². The molecule has 1 aromatic carbocycles. The minimum Gasteiger partial charge on any atom is -0.369 e. The quantitative estimate of drug-likeness (QED) is 0.809. The first kappa shape index (κ1) is 14.9. The molecule has 1 fully saturated rings. The van der Waals surface area contributed by atoms with Crippen LogP contribution in [0.2, 0.25) is 0 Å². The van der Waals surface area contributed by atoms with Crippen molar-refractivity contribution in [2.75, 3.05) is 18.0 Å². The molecule has 2 nitrogen and oxygen atoms in total. The SMILES string of the molecule is CCNCc1ccc(Br)cc1N(CC1CC1)C(C)C. The zero-order chi connectivity index (χ0) is 13.8. The second kappa shape index (κ2) is 6.76. The molecule has 106 valence electrons. The summed E-state index contributed by atoms with van der Waals surface area (Å²) in [5, 5.41) is 3.45. The number of anilines is 1. The Hall–Kier alpha value is -0.540. The van der Waals surface area contributed by atoms with Gasteiger partial charge in [-0.2, -0.15) is 0 Å². The summed E-state index contributed by atoms with van der Waals surface area (Å²) in [6, 6.07) is 7.21. The molecule has 3 heteroatoms. The fourth-order valence-corrected chi connectivity index (χ4v) is 2.73. The summed E-state index contributed by atoms with van der Waals surface area (Å²) in [6.45, 7) is 9.91. The van der Waals surface area contributed by atoms with Crippen molar-refractivity contribution in [2.45, 2.75) is 46.2 Å². The van der Waals surface area contributed by atoms with E-state index in [1.54, 1.807) is 0 Å². The van der Waals surface area contributed by atoms with Crippen LogP contribution >= 0.6 is 15.9 Å². The van der Waals surface area contributed by atoms with E-state index in [0.29, 0.717) is 6.04 Å². The molecular weight excluding hydrogens is 300 g/mol. The first-order valence-electron chi connectivity index (χ1n) is 7.37. The molecule has 19 heavy (non-hydrogen) atoms. The van der Waals surface area contributed by atoms with Crippen LogP contribution in [0.1, 0.15) is 39.2 Å². The number of nitrogens with one attached hydrogen (secondary N) is 1. The lowest BCUT2D eigenvalue weighted by molar-refractivity contribution is 0.636. The zero-order valence-corrected chi connectivity index (χ0v) is 13.8. The summed E-state index contributed by atoms with van der Waals surface area (Å²) in [5.41, 5.74) is 2.79. The first-order valence-corrected chi connectivity index (χ1v) is 8.17. The van der Waals surface area contributed by atoms with Gasteiger partial charge in [-0.15, -0.1) is 0 Å². The second-order valence-corrected chi connectivity index (χ2v) is 6.66. The van der Waals surface area contributed by atoms with Gasteiger partial charge in [0.2, 0.25) is 0 Å². The van der Waals surface area contributed by atoms with Gasteiger partial charge in [-0.3, -0.25) is 0 Å². The van der Waals surface area contributed by atoms with E-state index in [2.05, 4.69) is 65.1 Å². The van der Waals surface area contributed by atoms with Crippen LogP contribution in [0.4, 0.5) is 5.69 Å². The van der Waals surface area contributed by atoms with Crippen molar-refractivity contribution in [3.63, 3.8) is 0 Å². The molecule has 0 unspecified atom stereocenters. The van der Waals surface area contributed by atoms with Crippen molar-refractivity contribution in [3.05, 3.63) is 28.2 Å². The molecule has 0 radical (unpaired) electrons. The molecule has 0 heterocycles. The van der Waals surface area contributed by atoms with E-state index in [1.807, 2.05) is 0 Å². The van der Waals surface area contributed by atoms with Gasteiger partial charge < -0.3 is 10.2 Å². The largest absolute Gasteiger partial charge is 0.369 e. The fourth-order valence-electron chi connectivity index (χ4n) is 2.38. The first-order chi connectivity index (χ1) is 9.11. The van der Waals surface area contributed by atoms with Crippen molar-refractivity contribution in [1.82, 2.24) is 5.32 Å². The average molecular weight is 325 g/mol. The molecule has 1 N–H and O–H groups in total. The summed E-state index contributed by atoms with van der Waals surface area (Å²) >= 11 is 3.62. The lowest BCUT2D eigenvalue weighted by atomic mass is 10.1. The van der Waals surface area contributed by atoms with E-state index in [-0.39, 0.29) is 0 Å². The maximum atomic E-state index is 3.62. The monoisotopic (exact) mass is 324 g/mol. The van der Waals surface area contributed by atoms with E-state index in [9.17, 15) is 0 Å². The maximum Gasteiger partial charge on any atom is 0.0425 e. The third-order valence-electron chi connectivity index (χ3n) is 3.70.